The summed E-state index contributed by atoms with van der Waals surface area (Å²) < 4.78 is 0. The largest absolute Gasteiger partial charge is 0.387 e. The van der Waals surface area contributed by atoms with E-state index in [9.17, 15) is 0 Å². The normalized spacial score (nSPS) is 26.2. The van der Waals surface area contributed by atoms with Crippen LogP contribution in [0.5, 0.6) is 0 Å². The third-order valence-electron chi connectivity index (χ3n) is 6.35. The molecule has 0 bridgehead atoms. The predicted octanol–water partition coefficient (Wildman–Crippen LogP) is 5.00. The summed E-state index contributed by atoms with van der Waals surface area (Å²) in [7, 11) is 0. The summed E-state index contributed by atoms with van der Waals surface area (Å²) in [6, 6.07) is 13.2. The van der Waals surface area contributed by atoms with Crippen molar-refractivity contribution in [1.82, 2.24) is 5.32 Å². The number of aryl methyl sites for hydroxylation is 1. The molecule has 1 saturated carbocycles. The SMILES string of the molecule is NC1=Nc2cc3c(cc2C2CCCC12)CCC3NCc1cccc(Cl)c1. The van der Waals surface area contributed by atoms with Crippen LogP contribution in [0.15, 0.2) is 41.4 Å². The van der Waals surface area contributed by atoms with Gasteiger partial charge in [0, 0.05) is 23.5 Å². The molecule has 2 aromatic carbocycles. The fourth-order valence-corrected chi connectivity index (χ4v) is 5.28. The Morgan fingerprint density at radius 2 is 1.96 bits per heavy atom. The molecule has 134 valence electrons. The molecule has 0 saturated heterocycles. The molecule has 0 aromatic heterocycles. The van der Waals surface area contributed by atoms with Crippen molar-refractivity contribution < 1.29 is 0 Å². The van der Waals surface area contributed by atoms with Gasteiger partial charge in [-0.1, -0.05) is 36.2 Å². The highest BCUT2D eigenvalue weighted by Crippen LogP contribution is 2.49. The molecule has 0 spiro atoms. The van der Waals surface area contributed by atoms with Gasteiger partial charge < -0.3 is 11.1 Å². The van der Waals surface area contributed by atoms with Crippen LogP contribution in [0.3, 0.4) is 0 Å². The van der Waals surface area contributed by atoms with E-state index in [2.05, 4.69) is 23.5 Å². The van der Waals surface area contributed by atoms with Crippen molar-refractivity contribution in [2.75, 3.05) is 0 Å². The molecule has 2 aromatic rings. The van der Waals surface area contributed by atoms with Gasteiger partial charge in [0.15, 0.2) is 0 Å². The van der Waals surface area contributed by atoms with Gasteiger partial charge in [0.2, 0.25) is 0 Å². The quantitative estimate of drug-likeness (QED) is 0.803. The van der Waals surface area contributed by atoms with Gasteiger partial charge >= 0.3 is 0 Å². The van der Waals surface area contributed by atoms with E-state index in [-0.39, 0.29) is 0 Å². The Kier molecular flexibility index (Phi) is 4.02. The van der Waals surface area contributed by atoms with Crippen LogP contribution in [-0.4, -0.2) is 5.84 Å². The van der Waals surface area contributed by atoms with Crippen LogP contribution in [0, 0.1) is 5.92 Å². The molecule has 3 aliphatic rings. The van der Waals surface area contributed by atoms with E-state index in [0.29, 0.717) is 17.9 Å². The number of nitrogens with one attached hydrogen (secondary N) is 1. The molecule has 3 atom stereocenters. The second kappa shape index (κ2) is 6.40. The monoisotopic (exact) mass is 365 g/mol. The van der Waals surface area contributed by atoms with Crippen LogP contribution >= 0.6 is 11.6 Å². The van der Waals surface area contributed by atoms with Gasteiger partial charge in [-0.05, 0) is 72.1 Å². The highest BCUT2D eigenvalue weighted by atomic mass is 35.5. The van der Waals surface area contributed by atoms with Crippen LogP contribution < -0.4 is 11.1 Å². The molecule has 0 radical (unpaired) electrons. The van der Waals surface area contributed by atoms with Crippen LogP contribution in [-0.2, 0) is 13.0 Å². The summed E-state index contributed by atoms with van der Waals surface area (Å²) >= 11 is 6.10. The van der Waals surface area contributed by atoms with Gasteiger partial charge in [-0.3, -0.25) is 0 Å². The molecule has 3 unspecified atom stereocenters. The maximum absolute atomic E-state index is 6.29. The predicted molar refractivity (Wildman–Crippen MR) is 107 cm³/mol. The Labute approximate surface area is 159 Å². The van der Waals surface area contributed by atoms with E-state index < -0.39 is 0 Å². The Morgan fingerprint density at radius 3 is 2.85 bits per heavy atom. The highest BCUT2D eigenvalue weighted by molar-refractivity contribution is 6.30. The molecule has 0 amide bonds. The maximum Gasteiger partial charge on any atom is 0.103 e. The number of hydrogen-bond donors (Lipinski definition) is 2. The van der Waals surface area contributed by atoms with Crippen molar-refractivity contribution in [3.8, 4) is 0 Å². The van der Waals surface area contributed by atoms with Crippen molar-refractivity contribution in [1.29, 1.82) is 0 Å². The molecule has 1 fully saturated rings. The summed E-state index contributed by atoms with van der Waals surface area (Å²) in [5.74, 6) is 1.91. The number of hydrogen-bond acceptors (Lipinski definition) is 3. The smallest absolute Gasteiger partial charge is 0.103 e. The van der Waals surface area contributed by atoms with Crippen molar-refractivity contribution in [3.63, 3.8) is 0 Å². The molecular formula is C22H24ClN3. The topological polar surface area (TPSA) is 50.4 Å². The molecular weight excluding hydrogens is 342 g/mol. The summed E-state index contributed by atoms with van der Waals surface area (Å²) in [4.78, 5) is 4.78. The average molecular weight is 366 g/mol. The van der Waals surface area contributed by atoms with Gasteiger partial charge in [0.05, 0.1) is 5.69 Å². The minimum absolute atomic E-state index is 0.381. The number of amidine groups is 1. The molecule has 1 heterocycles. The fraction of sp³-hybridized carbons (Fsp3) is 0.409. The van der Waals surface area contributed by atoms with E-state index in [1.54, 1.807) is 0 Å². The second-order valence-corrected chi connectivity index (χ2v) is 8.33. The van der Waals surface area contributed by atoms with Crippen molar-refractivity contribution >= 4 is 23.1 Å². The first kappa shape index (κ1) is 16.3. The summed E-state index contributed by atoms with van der Waals surface area (Å²) in [5, 5.41) is 4.50. The van der Waals surface area contributed by atoms with Crippen LogP contribution in [0.1, 0.15) is 59.9 Å². The van der Waals surface area contributed by atoms with E-state index in [1.807, 2.05) is 18.2 Å². The molecule has 1 aliphatic heterocycles. The van der Waals surface area contributed by atoms with Crippen molar-refractivity contribution in [2.45, 2.75) is 50.6 Å². The summed E-state index contributed by atoms with van der Waals surface area (Å²) in [5.41, 5.74) is 13.0. The van der Waals surface area contributed by atoms with Crippen LogP contribution in [0.4, 0.5) is 5.69 Å². The summed E-state index contributed by atoms with van der Waals surface area (Å²) in [6.07, 6.45) is 6.01. The Balaban J connectivity index is 1.41. The van der Waals surface area contributed by atoms with Crippen molar-refractivity contribution in [3.05, 3.63) is 63.7 Å². The zero-order valence-electron chi connectivity index (χ0n) is 14.8. The zero-order chi connectivity index (χ0) is 17.7. The number of nitrogens with zero attached hydrogens (tertiary/aromatic N) is 1. The molecule has 4 heteroatoms. The third kappa shape index (κ3) is 2.74. The number of rotatable bonds is 3. The van der Waals surface area contributed by atoms with Gasteiger partial charge in [0.1, 0.15) is 5.84 Å². The Bertz CT molecular complexity index is 889. The second-order valence-electron chi connectivity index (χ2n) is 7.89. The van der Waals surface area contributed by atoms with Gasteiger partial charge in [-0.15, -0.1) is 0 Å². The molecule has 5 rings (SSSR count). The lowest BCUT2D eigenvalue weighted by atomic mass is 9.83. The first-order valence-corrected chi connectivity index (χ1v) is 10.1. The van der Waals surface area contributed by atoms with Gasteiger partial charge in [0.25, 0.3) is 0 Å². The van der Waals surface area contributed by atoms with Crippen LogP contribution in [0.2, 0.25) is 5.02 Å². The minimum Gasteiger partial charge on any atom is -0.387 e. The average Bonchev–Trinajstić information content (AvgIpc) is 3.26. The lowest BCUT2D eigenvalue weighted by Crippen LogP contribution is -2.28. The number of halogens is 1. The lowest BCUT2D eigenvalue weighted by molar-refractivity contribution is 0.530. The van der Waals surface area contributed by atoms with Crippen LogP contribution in [0.25, 0.3) is 0 Å². The lowest BCUT2D eigenvalue weighted by Gasteiger charge is -2.27. The first-order chi connectivity index (χ1) is 12.7. The third-order valence-corrected chi connectivity index (χ3v) is 6.59. The van der Waals surface area contributed by atoms with E-state index in [4.69, 9.17) is 22.3 Å². The first-order valence-electron chi connectivity index (χ1n) is 9.67. The molecule has 3 nitrogen and oxygen atoms in total. The highest BCUT2D eigenvalue weighted by Gasteiger charge is 2.37. The number of benzene rings is 2. The maximum atomic E-state index is 6.29. The number of fused-ring (bicyclic) bond motifs is 4. The zero-order valence-corrected chi connectivity index (χ0v) is 15.6. The molecule has 3 N–H and O–H groups in total. The standard InChI is InChI=1S/C22H24ClN3/c23-15-4-1-3-13(9-15)12-25-20-8-7-14-10-19-16-5-2-6-17(16)22(24)26-21(19)11-18(14)20/h1,3-4,9-11,16-17,20,25H,2,5-8,12H2,(H2,24,26). The van der Waals surface area contributed by atoms with E-state index >= 15 is 0 Å². The Morgan fingerprint density at radius 1 is 1.08 bits per heavy atom. The fourth-order valence-electron chi connectivity index (χ4n) is 5.07. The van der Waals surface area contributed by atoms with E-state index in [0.717, 1.165) is 35.9 Å². The van der Waals surface area contributed by atoms with Crippen molar-refractivity contribution in [2.24, 2.45) is 16.6 Å². The number of aliphatic imine (C=N–C) groups is 1. The Hall–Kier alpha value is -1.84. The van der Waals surface area contributed by atoms with Gasteiger partial charge in [-0.25, -0.2) is 4.99 Å². The molecule has 2 aliphatic carbocycles. The number of nitrogens with two attached hydrogens (primary N) is 1. The summed E-state index contributed by atoms with van der Waals surface area (Å²) in [6.45, 7) is 0.831. The molecule has 26 heavy (non-hydrogen) atoms. The van der Waals surface area contributed by atoms with E-state index in [1.165, 1.54) is 41.5 Å². The van der Waals surface area contributed by atoms with Gasteiger partial charge in [-0.2, -0.15) is 0 Å². The minimum atomic E-state index is 0.381.